The molecule has 3 rings (SSSR count). The number of hydrogen-bond donors (Lipinski definition) is 1. The first-order chi connectivity index (χ1) is 13.0. The fourth-order valence-corrected chi connectivity index (χ4v) is 3.45. The average Bonchev–Trinajstić information content (AvgIpc) is 2.66. The summed E-state index contributed by atoms with van der Waals surface area (Å²) < 4.78 is 5.76. The lowest BCUT2D eigenvalue weighted by molar-refractivity contribution is 0.0446. The van der Waals surface area contributed by atoms with Gasteiger partial charge in [-0.1, -0.05) is 29.8 Å². The van der Waals surface area contributed by atoms with Crippen LogP contribution in [0, 0.1) is 13.8 Å². The average molecular weight is 389 g/mol. The monoisotopic (exact) mass is 388 g/mol. The molecule has 1 saturated heterocycles. The SMILES string of the molecule is Cc1ccc(OCC(O)CN2CCN(Cc3ccc(Cl)cc3)CC2)cc1C. The first kappa shape index (κ1) is 20.2. The first-order valence-electron chi connectivity index (χ1n) is 9.57. The van der Waals surface area contributed by atoms with E-state index in [1.165, 1.54) is 16.7 Å². The summed E-state index contributed by atoms with van der Waals surface area (Å²) in [5, 5.41) is 11.1. The molecule has 1 atom stereocenters. The number of β-amino-alcohol motifs (C(OH)–C–C–N with tert-alkyl or cyclic N) is 1. The molecule has 0 amide bonds. The van der Waals surface area contributed by atoms with Gasteiger partial charge >= 0.3 is 0 Å². The van der Waals surface area contributed by atoms with Crippen molar-refractivity contribution in [2.24, 2.45) is 0 Å². The maximum absolute atomic E-state index is 10.3. The first-order valence-corrected chi connectivity index (χ1v) is 9.94. The summed E-state index contributed by atoms with van der Waals surface area (Å²) in [5.41, 5.74) is 3.74. The topological polar surface area (TPSA) is 35.9 Å². The van der Waals surface area contributed by atoms with Gasteiger partial charge in [0.05, 0.1) is 0 Å². The molecule has 0 spiro atoms. The number of benzene rings is 2. The molecule has 0 bridgehead atoms. The molecular formula is C22H29ClN2O2. The maximum atomic E-state index is 10.3. The number of rotatable bonds is 7. The molecule has 0 aliphatic carbocycles. The van der Waals surface area contributed by atoms with Crippen molar-refractivity contribution in [1.29, 1.82) is 0 Å². The van der Waals surface area contributed by atoms with Gasteiger partial charge in [0, 0.05) is 44.3 Å². The van der Waals surface area contributed by atoms with E-state index in [9.17, 15) is 5.11 Å². The van der Waals surface area contributed by atoms with Crippen LogP contribution in [0.5, 0.6) is 5.75 Å². The van der Waals surface area contributed by atoms with Crippen molar-refractivity contribution in [2.45, 2.75) is 26.5 Å². The third kappa shape index (κ3) is 6.22. The Morgan fingerprint density at radius 2 is 1.63 bits per heavy atom. The normalized spacial score (nSPS) is 17.0. The van der Waals surface area contributed by atoms with E-state index in [0.29, 0.717) is 13.2 Å². The minimum atomic E-state index is -0.477. The Balaban J connectivity index is 1.38. The zero-order chi connectivity index (χ0) is 19.2. The summed E-state index contributed by atoms with van der Waals surface area (Å²) in [6, 6.07) is 14.1. The van der Waals surface area contributed by atoms with Gasteiger partial charge < -0.3 is 9.84 Å². The van der Waals surface area contributed by atoms with E-state index in [-0.39, 0.29) is 0 Å². The highest BCUT2D eigenvalue weighted by molar-refractivity contribution is 6.30. The van der Waals surface area contributed by atoms with Crippen LogP contribution < -0.4 is 4.74 Å². The van der Waals surface area contributed by atoms with Crippen LogP contribution in [-0.2, 0) is 6.54 Å². The Morgan fingerprint density at radius 3 is 2.30 bits per heavy atom. The van der Waals surface area contributed by atoms with Gasteiger partial charge in [0.15, 0.2) is 0 Å². The second-order valence-corrected chi connectivity index (χ2v) is 7.85. The minimum absolute atomic E-state index is 0.327. The minimum Gasteiger partial charge on any atom is -0.491 e. The fourth-order valence-electron chi connectivity index (χ4n) is 3.32. The van der Waals surface area contributed by atoms with Gasteiger partial charge in [0.25, 0.3) is 0 Å². The van der Waals surface area contributed by atoms with Crippen molar-refractivity contribution in [3.8, 4) is 5.75 Å². The van der Waals surface area contributed by atoms with E-state index in [1.807, 2.05) is 24.3 Å². The summed E-state index contributed by atoms with van der Waals surface area (Å²) in [5.74, 6) is 0.824. The maximum Gasteiger partial charge on any atom is 0.119 e. The largest absolute Gasteiger partial charge is 0.491 e. The van der Waals surface area contributed by atoms with Crippen LogP contribution >= 0.6 is 11.6 Å². The molecule has 5 heteroatoms. The molecular weight excluding hydrogens is 360 g/mol. The lowest BCUT2D eigenvalue weighted by atomic mass is 10.1. The molecule has 146 valence electrons. The molecule has 0 saturated carbocycles. The Bertz CT molecular complexity index is 728. The number of aryl methyl sites for hydroxylation is 2. The second kappa shape index (κ2) is 9.56. The van der Waals surface area contributed by atoms with Gasteiger partial charge in [-0.15, -0.1) is 0 Å². The molecule has 1 aliphatic rings. The van der Waals surface area contributed by atoms with Crippen molar-refractivity contribution in [3.05, 3.63) is 64.2 Å². The third-order valence-electron chi connectivity index (χ3n) is 5.17. The molecule has 1 heterocycles. The van der Waals surface area contributed by atoms with E-state index in [1.54, 1.807) is 0 Å². The van der Waals surface area contributed by atoms with Crippen molar-refractivity contribution >= 4 is 11.6 Å². The molecule has 1 unspecified atom stereocenters. The Labute approximate surface area is 167 Å². The highest BCUT2D eigenvalue weighted by atomic mass is 35.5. The van der Waals surface area contributed by atoms with Crippen molar-refractivity contribution in [1.82, 2.24) is 9.80 Å². The molecule has 1 fully saturated rings. The highest BCUT2D eigenvalue weighted by Gasteiger charge is 2.19. The quantitative estimate of drug-likeness (QED) is 0.787. The molecule has 1 N–H and O–H groups in total. The van der Waals surface area contributed by atoms with E-state index >= 15 is 0 Å². The molecule has 0 radical (unpaired) electrons. The van der Waals surface area contributed by atoms with Crippen molar-refractivity contribution in [2.75, 3.05) is 39.3 Å². The van der Waals surface area contributed by atoms with Crippen LogP contribution in [0.3, 0.4) is 0 Å². The Kier molecular flexibility index (Phi) is 7.13. The molecule has 2 aromatic rings. The van der Waals surface area contributed by atoms with Crippen LogP contribution in [0.4, 0.5) is 0 Å². The number of piperazine rings is 1. The summed E-state index contributed by atoms with van der Waals surface area (Å²) in [4.78, 5) is 4.75. The zero-order valence-corrected chi connectivity index (χ0v) is 17.0. The molecule has 4 nitrogen and oxygen atoms in total. The summed E-state index contributed by atoms with van der Waals surface area (Å²) in [6.07, 6.45) is -0.477. The van der Waals surface area contributed by atoms with Gasteiger partial charge in [0.1, 0.15) is 18.5 Å². The fraction of sp³-hybridized carbons (Fsp3) is 0.455. The van der Waals surface area contributed by atoms with Crippen LogP contribution in [0.25, 0.3) is 0 Å². The van der Waals surface area contributed by atoms with Gasteiger partial charge in [0.2, 0.25) is 0 Å². The number of hydrogen-bond acceptors (Lipinski definition) is 4. The number of halogens is 1. The van der Waals surface area contributed by atoms with E-state index < -0.39 is 6.10 Å². The van der Waals surface area contributed by atoms with Gasteiger partial charge in [-0.3, -0.25) is 9.80 Å². The van der Waals surface area contributed by atoms with E-state index in [4.69, 9.17) is 16.3 Å². The second-order valence-electron chi connectivity index (χ2n) is 7.41. The summed E-state index contributed by atoms with van der Waals surface area (Å²) >= 11 is 5.95. The number of nitrogens with zero attached hydrogens (tertiary/aromatic N) is 2. The molecule has 0 aromatic heterocycles. The number of aliphatic hydroxyl groups is 1. The molecule has 27 heavy (non-hydrogen) atoms. The number of ether oxygens (including phenoxy) is 1. The van der Waals surface area contributed by atoms with Crippen LogP contribution in [-0.4, -0.2) is 60.3 Å². The van der Waals surface area contributed by atoms with E-state index in [0.717, 1.165) is 43.5 Å². The van der Waals surface area contributed by atoms with Crippen LogP contribution in [0.2, 0.25) is 5.02 Å². The summed E-state index contributed by atoms with van der Waals surface area (Å²) in [6.45, 7) is 10.0. The Hall–Kier alpha value is -1.59. The summed E-state index contributed by atoms with van der Waals surface area (Å²) in [7, 11) is 0. The number of aliphatic hydroxyl groups excluding tert-OH is 1. The van der Waals surface area contributed by atoms with Crippen LogP contribution in [0.1, 0.15) is 16.7 Å². The zero-order valence-electron chi connectivity index (χ0n) is 16.2. The lowest BCUT2D eigenvalue weighted by Crippen LogP contribution is -2.48. The smallest absolute Gasteiger partial charge is 0.119 e. The highest BCUT2D eigenvalue weighted by Crippen LogP contribution is 2.17. The van der Waals surface area contributed by atoms with Gasteiger partial charge in [-0.05, 0) is 54.8 Å². The van der Waals surface area contributed by atoms with Crippen molar-refractivity contribution < 1.29 is 9.84 Å². The predicted octanol–water partition coefficient (Wildman–Crippen LogP) is 3.51. The standard InChI is InChI=1S/C22H29ClN2O2/c1-17-3-8-22(13-18(17)2)27-16-21(26)15-25-11-9-24(10-12-25)14-19-4-6-20(23)7-5-19/h3-8,13,21,26H,9-12,14-16H2,1-2H3. The lowest BCUT2D eigenvalue weighted by Gasteiger charge is -2.35. The van der Waals surface area contributed by atoms with Gasteiger partial charge in [-0.25, -0.2) is 0 Å². The predicted molar refractivity (Wildman–Crippen MR) is 111 cm³/mol. The van der Waals surface area contributed by atoms with E-state index in [2.05, 4.69) is 41.8 Å². The molecule has 2 aromatic carbocycles. The van der Waals surface area contributed by atoms with Gasteiger partial charge in [-0.2, -0.15) is 0 Å². The Morgan fingerprint density at radius 1 is 0.963 bits per heavy atom. The molecule has 1 aliphatic heterocycles. The van der Waals surface area contributed by atoms with Crippen molar-refractivity contribution in [3.63, 3.8) is 0 Å². The van der Waals surface area contributed by atoms with Crippen LogP contribution in [0.15, 0.2) is 42.5 Å². The third-order valence-corrected chi connectivity index (χ3v) is 5.43.